The van der Waals surface area contributed by atoms with E-state index in [0.29, 0.717) is 43.3 Å². The Balaban J connectivity index is 1.67. The Bertz CT molecular complexity index is 708. The molecule has 130 valence electrons. The molecule has 2 aromatic heterocycles. The van der Waals surface area contributed by atoms with Crippen molar-refractivity contribution in [3.63, 3.8) is 0 Å². The Hall–Kier alpha value is -2.35. The first-order valence-electron chi connectivity index (χ1n) is 8.27. The van der Waals surface area contributed by atoms with E-state index in [9.17, 15) is 4.79 Å². The molecule has 3 heterocycles. The fourth-order valence-electron chi connectivity index (χ4n) is 2.76. The van der Waals surface area contributed by atoms with E-state index in [0.717, 1.165) is 12.1 Å². The Morgan fingerprint density at radius 3 is 3.00 bits per heavy atom. The van der Waals surface area contributed by atoms with Crippen LogP contribution >= 0.6 is 0 Å². The molecule has 1 N–H and O–H groups in total. The molecule has 1 atom stereocenters. The average Bonchev–Trinajstić information content (AvgIpc) is 3.22. The highest BCUT2D eigenvalue weighted by Gasteiger charge is 2.27. The summed E-state index contributed by atoms with van der Waals surface area (Å²) in [6, 6.07) is -0.160. The molecule has 8 nitrogen and oxygen atoms in total. The lowest BCUT2D eigenvalue weighted by Gasteiger charge is -2.32. The van der Waals surface area contributed by atoms with Gasteiger partial charge in [0.15, 0.2) is 5.76 Å². The monoisotopic (exact) mass is 333 g/mol. The molecule has 1 fully saturated rings. The highest BCUT2D eigenvalue weighted by atomic mass is 16.5. The minimum absolute atomic E-state index is 0.154. The molecule has 1 aliphatic rings. The molecule has 8 heteroatoms. The van der Waals surface area contributed by atoms with Crippen molar-refractivity contribution in [2.24, 2.45) is 0 Å². The van der Waals surface area contributed by atoms with Gasteiger partial charge < -0.3 is 19.5 Å². The molecule has 1 saturated heterocycles. The summed E-state index contributed by atoms with van der Waals surface area (Å²) in [5.41, 5.74) is 2.35. The van der Waals surface area contributed by atoms with Crippen molar-refractivity contribution in [2.75, 3.05) is 25.0 Å². The van der Waals surface area contributed by atoms with Crippen LogP contribution in [0.5, 0.6) is 0 Å². The van der Waals surface area contributed by atoms with Gasteiger partial charge in [-0.15, -0.1) is 0 Å². The van der Waals surface area contributed by atoms with Crippen LogP contribution in [0.15, 0.2) is 16.9 Å². The number of aryl methyl sites for hydroxylation is 3. The molecule has 0 unspecified atom stereocenters. The largest absolute Gasteiger partial charge is 0.370 e. The first kappa shape index (κ1) is 16.5. The Morgan fingerprint density at radius 2 is 2.29 bits per heavy atom. The van der Waals surface area contributed by atoms with E-state index >= 15 is 0 Å². The fraction of sp³-hybridized carbons (Fsp3) is 0.562. The minimum atomic E-state index is -0.160. The molecular formula is C16H23N5O3. The number of ether oxygens (including phenoxy) is 1. The first-order valence-corrected chi connectivity index (χ1v) is 8.27. The maximum absolute atomic E-state index is 12.6. The van der Waals surface area contributed by atoms with Crippen LogP contribution < -0.4 is 5.32 Å². The number of hydrogen-bond donors (Lipinski definition) is 1. The highest BCUT2D eigenvalue weighted by molar-refractivity contribution is 5.90. The van der Waals surface area contributed by atoms with Gasteiger partial charge in [0.2, 0.25) is 0 Å². The van der Waals surface area contributed by atoms with E-state index in [-0.39, 0.29) is 12.1 Å². The molecule has 24 heavy (non-hydrogen) atoms. The van der Waals surface area contributed by atoms with Crippen LogP contribution in [0.4, 0.5) is 10.5 Å². The molecule has 0 aromatic carbocycles. The van der Waals surface area contributed by atoms with E-state index in [1.165, 1.54) is 0 Å². The number of urea groups is 1. The van der Waals surface area contributed by atoms with Gasteiger partial charge >= 0.3 is 6.03 Å². The number of carbonyl (C=O) groups is 1. The summed E-state index contributed by atoms with van der Waals surface area (Å²) in [7, 11) is 0. The van der Waals surface area contributed by atoms with E-state index in [2.05, 4.69) is 15.6 Å². The van der Waals surface area contributed by atoms with Crippen LogP contribution in [0.1, 0.15) is 37.0 Å². The van der Waals surface area contributed by atoms with Gasteiger partial charge in [-0.3, -0.25) is 4.68 Å². The van der Waals surface area contributed by atoms with Crippen molar-refractivity contribution in [1.29, 1.82) is 0 Å². The molecule has 2 aromatic rings. The lowest BCUT2D eigenvalue weighted by atomic mass is 10.1. The highest BCUT2D eigenvalue weighted by Crippen LogP contribution is 2.24. The van der Waals surface area contributed by atoms with Crippen LogP contribution in [-0.2, 0) is 17.7 Å². The molecular weight excluding hydrogens is 310 g/mol. The smallest absolute Gasteiger partial charge is 0.322 e. The lowest BCUT2D eigenvalue weighted by Crippen LogP contribution is -2.44. The van der Waals surface area contributed by atoms with Gasteiger partial charge in [-0.05, 0) is 13.8 Å². The zero-order valence-electron chi connectivity index (χ0n) is 14.3. The maximum atomic E-state index is 12.6. The predicted molar refractivity (Wildman–Crippen MR) is 87.8 cm³/mol. The van der Waals surface area contributed by atoms with Crippen LogP contribution in [0.25, 0.3) is 0 Å². The maximum Gasteiger partial charge on any atom is 0.322 e. The number of anilines is 1. The quantitative estimate of drug-likeness (QED) is 0.928. The van der Waals surface area contributed by atoms with Gasteiger partial charge in [0.25, 0.3) is 0 Å². The van der Waals surface area contributed by atoms with Gasteiger partial charge in [0, 0.05) is 31.3 Å². The third-order valence-electron chi connectivity index (χ3n) is 4.19. The summed E-state index contributed by atoms with van der Waals surface area (Å²) < 4.78 is 12.9. The predicted octanol–water partition coefficient (Wildman–Crippen LogP) is 2.37. The van der Waals surface area contributed by atoms with E-state index in [4.69, 9.17) is 9.26 Å². The van der Waals surface area contributed by atoms with Crippen molar-refractivity contribution < 1.29 is 14.1 Å². The SMILES string of the molecule is CCc1onc(C)c1NC(=O)N1CCO[C@@H](c2cnn(CC)c2)C1. The molecule has 0 aliphatic carbocycles. The second-order valence-electron chi connectivity index (χ2n) is 5.78. The van der Waals surface area contributed by atoms with Gasteiger partial charge in [0.1, 0.15) is 17.5 Å². The first-order chi connectivity index (χ1) is 11.6. The number of amides is 2. The third-order valence-corrected chi connectivity index (χ3v) is 4.19. The van der Waals surface area contributed by atoms with Crippen molar-refractivity contribution in [1.82, 2.24) is 19.8 Å². The Kier molecular flexibility index (Phi) is 4.84. The van der Waals surface area contributed by atoms with Gasteiger partial charge in [0.05, 0.1) is 19.3 Å². The Morgan fingerprint density at radius 1 is 1.46 bits per heavy atom. The summed E-state index contributed by atoms with van der Waals surface area (Å²) in [5.74, 6) is 0.690. The number of morpholine rings is 1. The van der Waals surface area contributed by atoms with Crippen LogP contribution in [0.2, 0.25) is 0 Å². The standard InChI is InChI=1S/C16H23N5O3/c1-4-13-15(11(3)19-24-13)18-16(22)20-6-7-23-14(10-20)12-8-17-21(5-2)9-12/h8-9,14H,4-7,10H2,1-3H3,(H,18,22)/t14-/m1/s1. The van der Waals surface area contributed by atoms with Crippen molar-refractivity contribution in [3.05, 3.63) is 29.4 Å². The van der Waals surface area contributed by atoms with Crippen LogP contribution in [0, 0.1) is 6.92 Å². The normalized spacial score (nSPS) is 18.0. The second kappa shape index (κ2) is 7.04. The molecule has 0 bridgehead atoms. The lowest BCUT2D eigenvalue weighted by molar-refractivity contribution is -0.0135. The molecule has 0 spiro atoms. The fourth-order valence-corrected chi connectivity index (χ4v) is 2.76. The van der Waals surface area contributed by atoms with Crippen molar-refractivity contribution in [3.8, 4) is 0 Å². The Labute approximate surface area is 140 Å². The zero-order valence-corrected chi connectivity index (χ0v) is 14.3. The molecule has 0 saturated carbocycles. The number of rotatable bonds is 4. The number of nitrogens with one attached hydrogen (secondary N) is 1. The van der Waals surface area contributed by atoms with Crippen molar-refractivity contribution >= 4 is 11.7 Å². The summed E-state index contributed by atoms with van der Waals surface area (Å²) >= 11 is 0. The topological polar surface area (TPSA) is 85.4 Å². The summed E-state index contributed by atoms with van der Waals surface area (Å²) in [5, 5.41) is 11.1. The van der Waals surface area contributed by atoms with Crippen molar-refractivity contribution in [2.45, 2.75) is 39.8 Å². The molecule has 1 aliphatic heterocycles. The van der Waals surface area contributed by atoms with Gasteiger partial charge in [-0.25, -0.2) is 4.79 Å². The summed E-state index contributed by atoms with van der Waals surface area (Å²) in [6.45, 7) is 8.17. The summed E-state index contributed by atoms with van der Waals surface area (Å²) in [6.07, 6.45) is 4.29. The van der Waals surface area contributed by atoms with Gasteiger partial charge in [-0.1, -0.05) is 12.1 Å². The number of hydrogen-bond acceptors (Lipinski definition) is 5. The van der Waals surface area contributed by atoms with Crippen LogP contribution in [-0.4, -0.2) is 45.6 Å². The number of carbonyl (C=O) groups excluding carboxylic acids is 1. The zero-order chi connectivity index (χ0) is 17.1. The molecule has 0 radical (unpaired) electrons. The molecule has 3 rings (SSSR count). The van der Waals surface area contributed by atoms with E-state index < -0.39 is 0 Å². The number of aromatic nitrogens is 3. The third kappa shape index (κ3) is 3.28. The second-order valence-corrected chi connectivity index (χ2v) is 5.78. The van der Waals surface area contributed by atoms with E-state index in [1.54, 1.807) is 11.1 Å². The number of nitrogens with zero attached hydrogens (tertiary/aromatic N) is 4. The average molecular weight is 333 g/mol. The minimum Gasteiger partial charge on any atom is -0.370 e. The van der Waals surface area contributed by atoms with E-state index in [1.807, 2.05) is 31.6 Å². The van der Waals surface area contributed by atoms with Crippen LogP contribution in [0.3, 0.4) is 0 Å². The van der Waals surface area contributed by atoms with Gasteiger partial charge in [-0.2, -0.15) is 5.10 Å². The molecule has 2 amide bonds. The summed E-state index contributed by atoms with van der Waals surface area (Å²) in [4.78, 5) is 14.3.